The molecule has 2 amide bonds. The fourth-order valence-electron chi connectivity index (χ4n) is 2.38. The minimum atomic E-state index is -1.06. The average molecular weight is 312 g/mol. The number of likely N-dealkylation sites (tertiary alicyclic amines) is 1. The van der Waals surface area contributed by atoms with Crippen LogP contribution in [0, 0.1) is 0 Å². The number of urea groups is 1. The zero-order valence-electron chi connectivity index (χ0n) is 11.7. The Bertz CT molecular complexity index is 550. The van der Waals surface area contributed by atoms with E-state index in [2.05, 4.69) is 15.5 Å². The first-order valence-corrected chi connectivity index (χ1v) is 7.12. The van der Waals surface area contributed by atoms with E-state index in [0.29, 0.717) is 5.69 Å². The molecular weight excluding hydrogens is 294 g/mol. The number of benzene rings is 1. The van der Waals surface area contributed by atoms with Gasteiger partial charge in [-0.15, -0.1) is 0 Å². The molecule has 3 N–H and O–H groups in total. The van der Waals surface area contributed by atoms with E-state index >= 15 is 0 Å². The number of carboxylic acids is 1. The first kappa shape index (κ1) is 15.6. The molecule has 1 unspecified atom stereocenters. The summed E-state index contributed by atoms with van der Waals surface area (Å²) < 4.78 is 0. The number of hydrogen-bond donors (Lipinski definition) is 3. The molecule has 1 aliphatic heterocycles. The van der Waals surface area contributed by atoms with E-state index in [1.54, 1.807) is 0 Å². The molecular formula is C14H18ClN3O3. The predicted molar refractivity (Wildman–Crippen MR) is 81.1 cm³/mol. The molecule has 1 saturated heterocycles. The topological polar surface area (TPSA) is 81.7 Å². The molecule has 2 rings (SSSR count). The quantitative estimate of drug-likeness (QED) is 0.799. The molecule has 0 spiro atoms. The van der Waals surface area contributed by atoms with Gasteiger partial charge in [-0.05, 0) is 44.6 Å². The zero-order chi connectivity index (χ0) is 15.4. The largest absolute Gasteiger partial charge is 0.478 e. The van der Waals surface area contributed by atoms with Crippen LogP contribution in [0.25, 0.3) is 0 Å². The fraction of sp³-hybridized carbons (Fsp3) is 0.429. The Hall–Kier alpha value is -1.79. The van der Waals surface area contributed by atoms with Crippen molar-refractivity contribution in [2.24, 2.45) is 0 Å². The number of amides is 2. The Morgan fingerprint density at radius 3 is 2.81 bits per heavy atom. The Labute approximate surface area is 128 Å². The maximum atomic E-state index is 11.9. The minimum Gasteiger partial charge on any atom is -0.478 e. The summed E-state index contributed by atoms with van der Waals surface area (Å²) in [6, 6.07) is 3.98. The molecule has 0 aromatic heterocycles. The number of nitrogens with one attached hydrogen (secondary N) is 2. The van der Waals surface area contributed by atoms with Crippen LogP contribution in [0.5, 0.6) is 0 Å². The maximum absolute atomic E-state index is 11.9. The van der Waals surface area contributed by atoms with Crippen molar-refractivity contribution in [1.82, 2.24) is 10.2 Å². The highest BCUT2D eigenvalue weighted by atomic mass is 35.5. The van der Waals surface area contributed by atoms with Crippen LogP contribution in [0.4, 0.5) is 10.5 Å². The third-order valence-electron chi connectivity index (χ3n) is 3.42. The summed E-state index contributed by atoms with van der Waals surface area (Å²) >= 11 is 5.97. The summed E-state index contributed by atoms with van der Waals surface area (Å²) in [5, 5.41) is 14.6. The van der Waals surface area contributed by atoms with Crippen molar-refractivity contribution in [2.75, 3.05) is 25.5 Å². The number of hydrogen-bond acceptors (Lipinski definition) is 3. The van der Waals surface area contributed by atoms with Crippen molar-refractivity contribution in [3.05, 3.63) is 28.8 Å². The molecule has 1 aromatic carbocycles. The number of carbonyl (C=O) groups excluding carboxylic acids is 1. The van der Waals surface area contributed by atoms with Gasteiger partial charge in [0, 0.05) is 12.6 Å². The van der Waals surface area contributed by atoms with Gasteiger partial charge in [-0.25, -0.2) is 9.59 Å². The molecule has 114 valence electrons. The predicted octanol–water partition coefficient (Wildman–Crippen LogP) is 2.25. The second-order valence-corrected chi connectivity index (χ2v) is 5.61. The Kier molecular flexibility index (Phi) is 5.03. The first-order chi connectivity index (χ1) is 9.95. The second-order valence-electron chi connectivity index (χ2n) is 5.20. The molecule has 0 aliphatic carbocycles. The van der Waals surface area contributed by atoms with E-state index in [1.165, 1.54) is 18.2 Å². The highest BCUT2D eigenvalue weighted by Gasteiger charge is 2.19. The highest BCUT2D eigenvalue weighted by Crippen LogP contribution is 2.23. The molecule has 0 bridgehead atoms. The summed E-state index contributed by atoms with van der Waals surface area (Å²) in [5.74, 6) is -1.06. The van der Waals surface area contributed by atoms with Crippen molar-refractivity contribution in [1.29, 1.82) is 0 Å². The lowest BCUT2D eigenvalue weighted by Crippen LogP contribution is -2.47. The summed E-state index contributed by atoms with van der Waals surface area (Å²) in [7, 11) is 2.02. The Morgan fingerprint density at radius 2 is 2.19 bits per heavy atom. The lowest BCUT2D eigenvalue weighted by molar-refractivity contribution is 0.0697. The van der Waals surface area contributed by atoms with E-state index in [9.17, 15) is 9.59 Å². The number of carboxylic acid groups (broad SMARTS) is 1. The summed E-state index contributed by atoms with van der Waals surface area (Å²) in [6.45, 7) is 1.86. The third-order valence-corrected chi connectivity index (χ3v) is 3.74. The number of nitrogens with zero attached hydrogens (tertiary/aromatic N) is 1. The van der Waals surface area contributed by atoms with E-state index in [1.807, 2.05) is 7.05 Å². The number of anilines is 1. The first-order valence-electron chi connectivity index (χ1n) is 6.74. The molecule has 1 heterocycles. The van der Waals surface area contributed by atoms with Crippen LogP contribution >= 0.6 is 11.6 Å². The third kappa shape index (κ3) is 4.34. The fourth-order valence-corrected chi connectivity index (χ4v) is 2.61. The number of carbonyl (C=O) groups is 2. The summed E-state index contributed by atoms with van der Waals surface area (Å²) in [4.78, 5) is 24.9. The second kappa shape index (κ2) is 6.78. The van der Waals surface area contributed by atoms with Crippen molar-refractivity contribution < 1.29 is 14.7 Å². The molecule has 7 heteroatoms. The van der Waals surface area contributed by atoms with Gasteiger partial charge < -0.3 is 20.6 Å². The molecule has 0 saturated carbocycles. The zero-order valence-corrected chi connectivity index (χ0v) is 12.5. The molecule has 1 fully saturated rings. The highest BCUT2D eigenvalue weighted by molar-refractivity contribution is 6.34. The molecule has 6 nitrogen and oxygen atoms in total. The molecule has 21 heavy (non-hydrogen) atoms. The van der Waals surface area contributed by atoms with Gasteiger partial charge in [-0.1, -0.05) is 11.6 Å². The number of aromatic carboxylic acids is 1. The monoisotopic (exact) mass is 311 g/mol. The smallest absolute Gasteiger partial charge is 0.335 e. The molecule has 1 atom stereocenters. The van der Waals surface area contributed by atoms with Gasteiger partial charge in [-0.3, -0.25) is 0 Å². The van der Waals surface area contributed by atoms with Crippen molar-refractivity contribution >= 4 is 29.3 Å². The lowest BCUT2D eigenvalue weighted by Gasteiger charge is -2.30. The van der Waals surface area contributed by atoms with Crippen molar-refractivity contribution in [3.63, 3.8) is 0 Å². The number of likely N-dealkylation sites (N-methyl/N-ethyl adjacent to an activating group) is 1. The van der Waals surface area contributed by atoms with Crippen LogP contribution in [0.3, 0.4) is 0 Å². The van der Waals surface area contributed by atoms with Crippen LogP contribution in [-0.4, -0.2) is 48.2 Å². The van der Waals surface area contributed by atoms with Crippen LogP contribution in [0.15, 0.2) is 18.2 Å². The standard InChI is InChI=1S/C14H18ClN3O3/c1-18-6-2-3-10(8-18)16-14(21)17-12-5-4-9(13(19)20)7-11(12)15/h4-5,7,10H,2-3,6,8H2,1H3,(H,19,20)(H2,16,17,21). The van der Waals surface area contributed by atoms with E-state index in [-0.39, 0.29) is 22.7 Å². The lowest BCUT2D eigenvalue weighted by atomic mass is 10.1. The van der Waals surface area contributed by atoms with Crippen LogP contribution in [-0.2, 0) is 0 Å². The molecule has 0 radical (unpaired) electrons. The Balaban J connectivity index is 1.94. The van der Waals surface area contributed by atoms with Crippen molar-refractivity contribution in [2.45, 2.75) is 18.9 Å². The minimum absolute atomic E-state index is 0.0832. The van der Waals surface area contributed by atoms with Gasteiger partial charge in [0.05, 0.1) is 16.3 Å². The summed E-state index contributed by atoms with van der Waals surface area (Å²) in [5.41, 5.74) is 0.475. The van der Waals surface area contributed by atoms with Crippen LogP contribution in [0.1, 0.15) is 23.2 Å². The van der Waals surface area contributed by atoms with Gasteiger partial charge in [0.2, 0.25) is 0 Å². The van der Waals surface area contributed by atoms with Gasteiger partial charge in [-0.2, -0.15) is 0 Å². The SMILES string of the molecule is CN1CCCC(NC(=O)Nc2ccc(C(=O)O)cc2Cl)C1. The van der Waals surface area contributed by atoms with Crippen LogP contribution in [0.2, 0.25) is 5.02 Å². The van der Waals surface area contributed by atoms with E-state index < -0.39 is 5.97 Å². The normalized spacial score (nSPS) is 19.0. The van der Waals surface area contributed by atoms with Gasteiger partial charge in [0.15, 0.2) is 0 Å². The van der Waals surface area contributed by atoms with Gasteiger partial charge >= 0.3 is 12.0 Å². The van der Waals surface area contributed by atoms with Crippen LogP contribution < -0.4 is 10.6 Å². The van der Waals surface area contributed by atoms with E-state index in [4.69, 9.17) is 16.7 Å². The number of rotatable bonds is 3. The molecule has 1 aromatic rings. The molecule has 1 aliphatic rings. The van der Waals surface area contributed by atoms with Crippen molar-refractivity contribution in [3.8, 4) is 0 Å². The van der Waals surface area contributed by atoms with E-state index in [0.717, 1.165) is 25.9 Å². The summed E-state index contributed by atoms with van der Waals surface area (Å²) in [6.07, 6.45) is 2.00. The number of piperidine rings is 1. The average Bonchev–Trinajstić information content (AvgIpc) is 2.40. The number of halogens is 1. The van der Waals surface area contributed by atoms with Gasteiger partial charge in [0.1, 0.15) is 0 Å². The maximum Gasteiger partial charge on any atom is 0.335 e. The van der Waals surface area contributed by atoms with Gasteiger partial charge in [0.25, 0.3) is 0 Å². The Morgan fingerprint density at radius 1 is 1.43 bits per heavy atom.